The van der Waals surface area contributed by atoms with Crippen LogP contribution in [-0.2, 0) is 0 Å². The molecule has 0 atom stereocenters. The van der Waals surface area contributed by atoms with E-state index in [-0.39, 0.29) is 22.9 Å². The summed E-state index contributed by atoms with van der Waals surface area (Å²) >= 11 is 0. The number of benzene rings is 1. The quantitative estimate of drug-likeness (QED) is 0.269. The monoisotopic (exact) mass is 141 g/mol. The minimum Gasteiger partial charge on any atom is -0.592 e. The van der Waals surface area contributed by atoms with Gasteiger partial charge in [-0.25, -0.2) is 0 Å². The molecule has 0 aliphatic rings. The fraction of sp³-hybridized carbons (Fsp3) is 0. The van der Waals surface area contributed by atoms with E-state index in [0.29, 0.717) is 0 Å². The number of nitrogen functional groups attached to an aromatic ring is 2. The van der Waals surface area contributed by atoms with E-state index in [1.54, 1.807) is 0 Å². The Labute approximate surface area is 57.7 Å². The highest BCUT2D eigenvalue weighted by Gasteiger charge is 2.07. The molecule has 1 aromatic carbocycles. The van der Waals surface area contributed by atoms with Crippen LogP contribution in [0.5, 0.6) is 11.5 Å². The lowest BCUT2D eigenvalue weighted by Gasteiger charge is -2.00. The summed E-state index contributed by atoms with van der Waals surface area (Å²) < 4.78 is 0. The number of hydrogen-bond donors (Lipinski definition) is 3. The van der Waals surface area contributed by atoms with E-state index in [9.17, 15) is 0 Å². The fourth-order valence-corrected chi connectivity index (χ4v) is 0.625. The van der Waals surface area contributed by atoms with Gasteiger partial charge in [0.05, 0.1) is 0 Å². The van der Waals surface area contributed by atoms with Gasteiger partial charge in [0.15, 0.2) is 5.69 Å². The normalized spacial score (nSPS) is 9.60. The van der Waals surface area contributed by atoms with Crippen LogP contribution in [-0.4, -0.2) is 10.2 Å². The Morgan fingerprint density at radius 3 is 2.30 bits per heavy atom. The van der Waals surface area contributed by atoms with Crippen molar-refractivity contribution >= 4 is 11.4 Å². The van der Waals surface area contributed by atoms with Crippen molar-refractivity contribution in [3.05, 3.63) is 12.1 Å². The van der Waals surface area contributed by atoms with Crippen molar-refractivity contribution in [3.8, 4) is 11.5 Å². The van der Waals surface area contributed by atoms with E-state index >= 15 is 0 Å². The van der Waals surface area contributed by atoms with E-state index < -0.39 is 0 Å². The molecule has 1 rings (SSSR count). The number of anilines is 2. The van der Waals surface area contributed by atoms with E-state index in [2.05, 4.69) is 0 Å². The lowest BCUT2D eigenvalue weighted by Crippen LogP contribution is -1.94. The summed E-state index contributed by atoms with van der Waals surface area (Å²) in [6.07, 6.45) is 0. The topological polar surface area (TPSA) is 95.2 Å². The maximum absolute atomic E-state index is 8.94. The maximum Gasteiger partial charge on any atom is 0.279 e. The zero-order valence-corrected chi connectivity index (χ0v) is 5.26. The van der Waals surface area contributed by atoms with Gasteiger partial charge in [0.25, 0.3) is 5.75 Å². The molecule has 0 bridgehead atoms. The van der Waals surface area contributed by atoms with Gasteiger partial charge in [0, 0.05) is 6.07 Å². The summed E-state index contributed by atoms with van der Waals surface area (Å²) in [6.45, 7) is 0. The first-order valence-corrected chi connectivity index (χ1v) is 2.71. The molecular weight excluding hydrogens is 132 g/mol. The van der Waals surface area contributed by atoms with Crippen molar-refractivity contribution in [2.75, 3.05) is 11.5 Å². The molecule has 0 heterocycles. The van der Waals surface area contributed by atoms with Gasteiger partial charge in [-0.2, -0.15) is 0 Å². The molecule has 4 heteroatoms. The van der Waals surface area contributed by atoms with Crippen LogP contribution in [0.4, 0.5) is 11.4 Å². The number of phenols is 1. The maximum atomic E-state index is 8.94. The summed E-state index contributed by atoms with van der Waals surface area (Å²) in [5.41, 5.74) is 10.8. The highest BCUT2D eigenvalue weighted by Crippen LogP contribution is 2.32. The Morgan fingerprint density at radius 2 is 1.80 bits per heavy atom. The third-order valence-electron chi connectivity index (χ3n) is 1.26. The molecule has 0 unspecified atom stereocenters. The van der Waals surface area contributed by atoms with Crippen molar-refractivity contribution in [2.45, 2.75) is 0 Å². The molecule has 0 radical (unpaired) electrons. The van der Waals surface area contributed by atoms with Crippen LogP contribution in [0.15, 0.2) is 12.1 Å². The molecule has 1 aromatic rings. The number of nitrogens with two attached hydrogens (primary N) is 2. The van der Waals surface area contributed by atoms with Crippen molar-refractivity contribution in [1.82, 2.24) is 0 Å². The first-order chi connectivity index (χ1) is 4.63. The van der Waals surface area contributed by atoms with Crippen LogP contribution >= 0.6 is 0 Å². The SMILES string of the molecule is Nc1c(O)ccc([OH2+])c1N. The van der Waals surface area contributed by atoms with Gasteiger partial charge in [-0.05, 0) is 6.07 Å². The zero-order chi connectivity index (χ0) is 7.72. The van der Waals surface area contributed by atoms with Crippen LogP contribution in [0.1, 0.15) is 0 Å². The van der Waals surface area contributed by atoms with Crippen molar-refractivity contribution in [3.63, 3.8) is 0 Å². The largest absolute Gasteiger partial charge is 0.592 e. The molecule has 0 saturated carbocycles. The summed E-state index contributed by atoms with van der Waals surface area (Å²) in [4.78, 5) is 0. The van der Waals surface area contributed by atoms with E-state index in [1.165, 1.54) is 12.1 Å². The van der Waals surface area contributed by atoms with E-state index in [1.807, 2.05) is 0 Å². The Bertz CT molecular complexity index is 233. The lowest BCUT2D eigenvalue weighted by atomic mass is 10.2. The molecule has 0 aromatic heterocycles. The minimum atomic E-state index is -0.0755. The summed E-state index contributed by atoms with van der Waals surface area (Å²) in [5, 5.41) is 16.1. The number of phenolic OH excluding ortho intramolecular Hbond substituents is 1. The third kappa shape index (κ3) is 0.793. The van der Waals surface area contributed by atoms with Gasteiger partial charge >= 0.3 is 0 Å². The second-order valence-electron chi connectivity index (χ2n) is 1.96. The summed E-state index contributed by atoms with van der Waals surface area (Å²) in [6, 6.07) is 2.73. The second-order valence-corrected chi connectivity index (χ2v) is 1.96. The average molecular weight is 141 g/mol. The summed E-state index contributed by atoms with van der Waals surface area (Å²) in [5.74, 6) is 0.0591. The number of aromatic hydroxyl groups is 1. The molecule has 4 nitrogen and oxygen atoms in total. The van der Waals surface area contributed by atoms with Gasteiger partial charge in [-0.3, -0.25) is 0 Å². The van der Waals surface area contributed by atoms with Crippen LogP contribution < -0.4 is 11.5 Å². The zero-order valence-electron chi connectivity index (χ0n) is 5.26. The first-order valence-electron chi connectivity index (χ1n) is 2.71. The lowest BCUT2D eigenvalue weighted by molar-refractivity contribution is 0.464. The molecule has 0 saturated heterocycles. The van der Waals surface area contributed by atoms with Crippen molar-refractivity contribution in [2.24, 2.45) is 0 Å². The Morgan fingerprint density at radius 1 is 1.20 bits per heavy atom. The van der Waals surface area contributed by atoms with E-state index in [4.69, 9.17) is 21.7 Å². The molecular formula is C6H9N2O2+. The molecule has 54 valence electrons. The molecule has 0 aliphatic carbocycles. The number of hydrogen-bond acceptors (Lipinski definition) is 3. The predicted molar refractivity (Wildman–Crippen MR) is 40.0 cm³/mol. The second kappa shape index (κ2) is 1.98. The van der Waals surface area contributed by atoms with E-state index in [0.717, 1.165) is 0 Å². The molecule has 0 amide bonds. The van der Waals surface area contributed by atoms with Gasteiger partial charge in [0.2, 0.25) is 0 Å². The molecule has 7 N–H and O–H groups in total. The van der Waals surface area contributed by atoms with Crippen molar-refractivity contribution in [1.29, 1.82) is 0 Å². The van der Waals surface area contributed by atoms with Crippen LogP contribution in [0.3, 0.4) is 0 Å². The highest BCUT2D eigenvalue weighted by atomic mass is 16.3. The van der Waals surface area contributed by atoms with Crippen LogP contribution in [0.2, 0.25) is 0 Å². The standard InChI is InChI=1S/C6H8N2O2/c7-5-3(9)1-2-4(10)6(5)8/h1-2,9-10H,7-8H2/p+1. The molecule has 10 heavy (non-hydrogen) atoms. The molecule has 0 fully saturated rings. The number of rotatable bonds is 0. The summed E-state index contributed by atoms with van der Waals surface area (Å²) in [7, 11) is 0. The highest BCUT2D eigenvalue weighted by molar-refractivity contribution is 5.75. The third-order valence-corrected chi connectivity index (χ3v) is 1.26. The minimum absolute atomic E-state index is 0.0755. The average Bonchev–Trinajstić information content (AvgIpc) is 1.93. The van der Waals surface area contributed by atoms with Gasteiger partial charge < -0.3 is 21.7 Å². The first kappa shape index (κ1) is 6.54. The van der Waals surface area contributed by atoms with Crippen LogP contribution in [0.25, 0.3) is 0 Å². The Balaban J connectivity index is 3.34. The van der Waals surface area contributed by atoms with Crippen molar-refractivity contribution < 1.29 is 10.2 Å². The van der Waals surface area contributed by atoms with Crippen LogP contribution in [0, 0.1) is 0 Å². The predicted octanol–water partition coefficient (Wildman–Crippen LogP) is -0.00550. The van der Waals surface area contributed by atoms with Gasteiger partial charge in [0.1, 0.15) is 11.4 Å². The van der Waals surface area contributed by atoms with Gasteiger partial charge in [-0.1, -0.05) is 0 Å². The van der Waals surface area contributed by atoms with Gasteiger partial charge in [-0.15, -0.1) is 0 Å². The molecule has 0 spiro atoms. The fourth-order valence-electron chi connectivity index (χ4n) is 0.625. The smallest absolute Gasteiger partial charge is 0.279 e. The Kier molecular flexibility index (Phi) is 1.30. The molecule has 0 aliphatic heterocycles. The Hall–Kier alpha value is -1.58.